The zero-order chi connectivity index (χ0) is 9.52. The summed E-state index contributed by atoms with van der Waals surface area (Å²) in [5.74, 6) is 0. The molecule has 1 nitrogen and oxygen atoms in total. The molecule has 0 saturated heterocycles. The van der Waals surface area contributed by atoms with Crippen molar-refractivity contribution in [1.82, 2.24) is 5.32 Å². The number of rotatable bonds is 5. The lowest BCUT2D eigenvalue weighted by Crippen LogP contribution is -2.23. The van der Waals surface area contributed by atoms with Crippen LogP contribution in [0.25, 0.3) is 0 Å². The topological polar surface area (TPSA) is 12.0 Å². The maximum absolute atomic E-state index is 3.38. The fraction of sp³-hybridized carbons (Fsp3) is 0.417. The van der Waals surface area contributed by atoms with Crippen molar-refractivity contribution in [2.45, 2.75) is 26.3 Å². The standard InChI is InChI=1S/C12H18N/c1-11(2)13-10-6-9-12-7-4-3-5-8-12/h3-5,7-9,11,13H,6,10H2,1-2H3. The van der Waals surface area contributed by atoms with Gasteiger partial charge in [-0.15, -0.1) is 0 Å². The van der Waals surface area contributed by atoms with Gasteiger partial charge in [-0.1, -0.05) is 44.2 Å². The largest absolute Gasteiger partial charge is 0.315 e. The quantitative estimate of drug-likeness (QED) is 0.680. The van der Waals surface area contributed by atoms with Crippen LogP contribution in [0.15, 0.2) is 30.3 Å². The summed E-state index contributed by atoms with van der Waals surface area (Å²) in [6.45, 7) is 5.40. The molecule has 0 unspecified atom stereocenters. The normalized spacial score (nSPS) is 10.7. The average Bonchev–Trinajstić information content (AvgIpc) is 2.14. The van der Waals surface area contributed by atoms with E-state index >= 15 is 0 Å². The van der Waals surface area contributed by atoms with Crippen molar-refractivity contribution >= 4 is 0 Å². The predicted molar refractivity (Wildman–Crippen MR) is 57.6 cm³/mol. The fourth-order valence-corrected chi connectivity index (χ4v) is 1.20. The Morgan fingerprint density at radius 2 is 1.92 bits per heavy atom. The van der Waals surface area contributed by atoms with Crippen molar-refractivity contribution in [3.8, 4) is 0 Å². The number of hydrogen-bond donors (Lipinski definition) is 1. The lowest BCUT2D eigenvalue weighted by molar-refractivity contribution is 0.589. The molecule has 1 rings (SSSR count). The Morgan fingerprint density at radius 1 is 1.23 bits per heavy atom. The summed E-state index contributed by atoms with van der Waals surface area (Å²) in [7, 11) is 0. The molecule has 0 atom stereocenters. The van der Waals surface area contributed by atoms with Crippen molar-refractivity contribution in [3.63, 3.8) is 0 Å². The van der Waals surface area contributed by atoms with Crippen molar-refractivity contribution < 1.29 is 0 Å². The summed E-state index contributed by atoms with van der Waals surface area (Å²) >= 11 is 0. The fourth-order valence-electron chi connectivity index (χ4n) is 1.20. The Balaban J connectivity index is 2.13. The number of nitrogens with one attached hydrogen (secondary N) is 1. The molecule has 0 bridgehead atoms. The summed E-state index contributed by atoms with van der Waals surface area (Å²) in [6, 6.07) is 11.0. The average molecular weight is 176 g/mol. The highest BCUT2D eigenvalue weighted by Gasteiger charge is 1.93. The Morgan fingerprint density at radius 3 is 2.54 bits per heavy atom. The van der Waals surface area contributed by atoms with Gasteiger partial charge in [0, 0.05) is 6.04 Å². The third-order valence-corrected chi connectivity index (χ3v) is 1.88. The second-order valence-corrected chi connectivity index (χ2v) is 3.51. The molecule has 0 saturated carbocycles. The Kier molecular flexibility index (Phi) is 4.55. The molecule has 1 heteroatoms. The molecule has 71 valence electrons. The minimum Gasteiger partial charge on any atom is -0.315 e. The van der Waals surface area contributed by atoms with Gasteiger partial charge in [-0.05, 0) is 24.9 Å². The minimum absolute atomic E-state index is 0.587. The molecule has 13 heavy (non-hydrogen) atoms. The first-order valence-electron chi connectivity index (χ1n) is 4.90. The first-order chi connectivity index (χ1) is 6.29. The zero-order valence-electron chi connectivity index (χ0n) is 8.46. The Labute approximate surface area is 81.2 Å². The second kappa shape index (κ2) is 5.76. The van der Waals surface area contributed by atoms with E-state index in [1.807, 2.05) is 6.07 Å². The summed E-state index contributed by atoms with van der Waals surface area (Å²) < 4.78 is 0. The molecule has 0 aliphatic rings. The maximum Gasteiger partial charge on any atom is 0.00103 e. The van der Waals surface area contributed by atoms with E-state index in [0.717, 1.165) is 13.0 Å². The van der Waals surface area contributed by atoms with E-state index in [1.165, 1.54) is 5.56 Å². The number of benzene rings is 1. The maximum atomic E-state index is 3.38. The predicted octanol–water partition coefficient (Wildman–Crippen LogP) is 2.63. The van der Waals surface area contributed by atoms with Gasteiger partial charge in [-0.3, -0.25) is 0 Å². The van der Waals surface area contributed by atoms with E-state index < -0.39 is 0 Å². The molecule has 0 aliphatic heterocycles. The van der Waals surface area contributed by atoms with Crippen molar-refractivity contribution in [1.29, 1.82) is 0 Å². The molecule has 1 aromatic carbocycles. The molecular formula is C12H18N. The van der Waals surface area contributed by atoms with Crippen molar-refractivity contribution in [3.05, 3.63) is 42.3 Å². The van der Waals surface area contributed by atoms with Crippen LogP contribution in [0.2, 0.25) is 0 Å². The van der Waals surface area contributed by atoms with E-state index in [1.54, 1.807) is 0 Å². The lowest BCUT2D eigenvalue weighted by atomic mass is 10.1. The third kappa shape index (κ3) is 4.69. The van der Waals surface area contributed by atoms with Crippen LogP contribution < -0.4 is 5.32 Å². The molecule has 0 aliphatic carbocycles. The van der Waals surface area contributed by atoms with Gasteiger partial charge in [0.1, 0.15) is 0 Å². The van der Waals surface area contributed by atoms with Crippen LogP contribution in [0.1, 0.15) is 25.8 Å². The molecule has 0 fully saturated rings. The van der Waals surface area contributed by atoms with Gasteiger partial charge in [0.05, 0.1) is 0 Å². The van der Waals surface area contributed by atoms with Gasteiger partial charge < -0.3 is 5.32 Å². The Bertz CT molecular complexity index is 216. The first kappa shape index (κ1) is 10.3. The van der Waals surface area contributed by atoms with Gasteiger partial charge in [-0.2, -0.15) is 0 Å². The first-order valence-corrected chi connectivity index (χ1v) is 4.90. The van der Waals surface area contributed by atoms with Crippen molar-refractivity contribution in [2.75, 3.05) is 6.54 Å². The summed E-state index contributed by atoms with van der Waals surface area (Å²) in [5, 5.41) is 3.38. The second-order valence-electron chi connectivity index (χ2n) is 3.51. The molecule has 0 spiro atoms. The van der Waals surface area contributed by atoms with E-state index in [9.17, 15) is 0 Å². The van der Waals surface area contributed by atoms with Crippen LogP contribution in [0.3, 0.4) is 0 Å². The molecule has 1 radical (unpaired) electrons. The van der Waals surface area contributed by atoms with Gasteiger partial charge in [0.2, 0.25) is 0 Å². The molecular weight excluding hydrogens is 158 g/mol. The van der Waals surface area contributed by atoms with Crippen LogP contribution in [0.5, 0.6) is 0 Å². The van der Waals surface area contributed by atoms with Gasteiger partial charge >= 0.3 is 0 Å². The molecule has 1 aromatic rings. The van der Waals surface area contributed by atoms with E-state index in [2.05, 4.69) is 49.9 Å². The molecule has 0 heterocycles. The lowest BCUT2D eigenvalue weighted by Gasteiger charge is -2.06. The van der Waals surface area contributed by atoms with Crippen LogP contribution in [-0.2, 0) is 0 Å². The van der Waals surface area contributed by atoms with E-state index in [0.29, 0.717) is 6.04 Å². The number of hydrogen-bond acceptors (Lipinski definition) is 1. The van der Waals surface area contributed by atoms with Gasteiger partial charge in [0.15, 0.2) is 0 Å². The van der Waals surface area contributed by atoms with Gasteiger partial charge in [-0.25, -0.2) is 0 Å². The van der Waals surface area contributed by atoms with Crippen molar-refractivity contribution in [2.24, 2.45) is 0 Å². The van der Waals surface area contributed by atoms with E-state index in [4.69, 9.17) is 0 Å². The highest BCUT2D eigenvalue weighted by Crippen LogP contribution is 2.03. The van der Waals surface area contributed by atoms with Gasteiger partial charge in [0.25, 0.3) is 0 Å². The molecule has 0 aromatic heterocycles. The van der Waals surface area contributed by atoms with Crippen LogP contribution in [0, 0.1) is 6.42 Å². The molecule has 0 amide bonds. The summed E-state index contributed by atoms with van der Waals surface area (Å²) in [5.41, 5.74) is 1.31. The highest BCUT2D eigenvalue weighted by atomic mass is 14.9. The van der Waals surface area contributed by atoms with Crippen LogP contribution in [0.4, 0.5) is 0 Å². The zero-order valence-corrected chi connectivity index (χ0v) is 8.46. The molecule has 1 N–H and O–H groups in total. The minimum atomic E-state index is 0.587. The monoisotopic (exact) mass is 176 g/mol. The highest BCUT2D eigenvalue weighted by molar-refractivity contribution is 5.22. The summed E-state index contributed by atoms with van der Waals surface area (Å²) in [6.07, 6.45) is 3.36. The van der Waals surface area contributed by atoms with E-state index in [-0.39, 0.29) is 0 Å². The smallest absolute Gasteiger partial charge is 0.00103 e. The third-order valence-electron chi connectivity index (χ3n) is 1.88. The van der Waals surface area contributed by atoms with Crippen LogP contribution in [-0.4, -0.2) is 12.6 Å². The van der Waals surface area contributed by atoms with Crippen LogP contribution >= 0.6 is 0 Å². The summed E-state index contributed by atoms with van der Waals surface area (Å²) in [4.78, 5) is 0. The SMILES string of the molecule is CC(C)NCC[CH]c1ccccc1. The Hall–Kier alpha value is -0.820.